The lowest BCUT2D eigenvalue weighted by molar-refractivity contribution is -0.166. The van der Waals surface area contributed by atoms with Crippen molar-refractivity contribution in [3.05, 3.63) is 170 Å². The standard InChI is InChI=1S/C71H110O6/c1-4-7-10-13-16-19-22-25-28-30-31-32-33-34-35-36-37-38-39-41-43-46-49-52-55-58-61-64-70(73)76-67-68(66-75-69(72)63-60-57-54-51-48-45-42-27-24-21-18-15-12-9-6-3)77-71(74)65-62-59-56-53-50-47-44-40-29-26-23-20-17-14-11-8-5-2/h7,9-10,12,16-21,25-29,31-32,34-35,37-38,41-43,48,51,57,60,68H,4-6,8,11,13-15,22-24,30,33,36,39-40,44-47,49-50,52-56,58-59,61-67H2,1-3H3/b10-7-,12-9-,19-16-,20-17-,21-18-,28-25-,29-26-,32-31-,35-34-,38-37-,42-27-,43-41-,51-48-,60-57-. The zero-order chi connectivity index (χ0) is 55.7. The molecule has 0 aliphatic rings. The lowest BCUT2D eigenvalue weighted by Gasteiger charge is -2.18. The normalized spacial score (nSPS) is 13.3. The first-order chi connectivity index (χ1) is 38.0. The molecule has 6 nitrogen and oxygen atoms in total. The van der Waals surface area contributed by atoms with Crippen LogP contribution >= 0.6 is 0 Å². The summed E-state index contributed by atoms with van der Waals surface area (Å²) < 4.78 is 16.8. The molecule has 0 radical (unpaired) electrons. The van der Waals surface area contributed by atoms with Crippen LogP contribution < -0.4 is 0 Å². The van der Waals surface area contributed by atoms with Crippen molar-refractivity contribution >= 4 is 17.9 Å². The van der Waals surface area contributed by atoms with Crippen LogP contribution in [0, 0.1) is 0 Å². The maximum atomic E-state index is 12.9. The second-order valence-electron chi connectivity index (χ2n) is 19.5. The second kappa shape index (κ2) is 63.3. The van der Waals surface area contributed by atoms with Crippen molar-refractivity contribution in [1.82, 2.24) is 0 Å². The van der Waals surface area contributed by atoms with Crippen molar-refractivity contribution in [2.75, 3.05) is 13.2 Å². The summed E-state index contributed by atoms with van der Waals surface area (Å²) in [5.41, 5.74) is 0. The molecule has 0 aliphatic heterocycles. The first-order valence-corrected chi connectivity index (χ1v) is 30.6. The van der Waals surface area contributed by atoms with Gasteiger partial charge in [0.25, 0.3) is 0 Å². The van der Waals surface area contributed by atoms with Crippen molar-refractivity contribution in [3.8, 4) is 0 Å². The fraction of sp³-hybridized carbons (Fsp3) is 0.563. The van der Waals surface area contributed by atoms with E-state index in [9.17, 15) is 14.4 Å². The molecule has 0 aromatic rings. The van der Waals surface area contributed by atoms with Gasteiger partial charge in [0, 0.05) is 12.8 Å². The SMILES string of the molecule is CC/C=C\C/C=C\C/C=C\C/C=C\C/C=C\C/C=C\C/C=C\CCCCCCCC(=O)OCC(COC(=O)C/C=C\C/C=C\C/C=C\C/C=C\C/C=C\CC)OC(=O)CCCCCCCCC/C=C\C/C=C\CCCCC. The van der Waals surface area contributed by atoms with Gasteiger partial charge in [-0.25, -0.2) is 0 Å². The molecule has 77 heavy (non-hydrogen) atoms. The number of esters is 3. The lowest BCUT2D eigenvalue weighted by atomic mass is 10.1. The van der Waals surface area contributed by atoms with Crippen LogP contribution in [0.5, 0.6) is 0 Å². The minimum absolute atomic E-state index is 0.113. The molecule has 0 spiro atoms. The fourth-order valence-corrected chi connectivity index (χ4v) is 7.70. The predicted molar refractivity (Wildman–Crippen MR) is 334 cm³/mol. The van der Waals surface area contributed by atoms with Crippen LogP contribution in [-0.2, 0) is 28.6 Å². The summed E-state index contributed by atoms with van der Waals surface area (Å²) >= 11 is 0. The molecule has 0 aromatic carbocycles. The molecule has 0 N–H and O–H groups in total. The van der Waals surface area contributed by atoms with Gasteiger partial charge in [0.2, 0.25) is 0 Å². The zero-order valence-corrected chi connectivity index (χ0v) is 49.1. The van der Waals surface area contributed by atoms with Crippen molar-refractivity contribution < 1.29 is 28.6 Å². The number of allylic oxidation sites excluding steroid dienone is 27. The summed E-state index contributed by atoms with van der Waals surface area (Å²) in [6.07, 6.45) is 93.7. The summed E-state index contributed by atoms with van der Waals surface area (Å²) in [6, 6.07) is 0. The zero-order valence-electron chi connectivity index (χ0n) is 49.1. The molecule has 1 unspecified atom stereocenters. The van der Waals surface area contributed by atoms with E-state index in [0.717, 1.165) is 154 Å². The number of ether oxygens (including phenoxy) is 3. The van der Waals surface area contributed by atoms with Crippen LogP contribution in [0.15, 0.2) is 170 Å². The number of unbranched alkanes of at least 4 members (excludes halogenated alkanes) is 15. The molecule has 6 heteroatoms. The van der Waals surface area contributed by atoms with Gasteiger partial charge in [-0.3, -0.25) is 14.4 Å². The van der Waals surface area contributed by atoms with Gasteiger partial charge in [-0.15, -0.1) is 0 Å². The smallest absolute Gasteiger partial charge is 0.309 e. The third-order valence-corrected chi connectivity index (χ3v) is 12.2. The summed E-state index contributed by atoms with van der Waals surface area (Å²) in [5, 5.41) is 0. The minimum atomic E-state index is -0.841. The van der Waals surface area contributed by atoms with E-state index in [0.29, 0.717) is 6.42 Å². The number of rotatable bonds is 53. The van der Waals surface area contributed by atoms with E-state index < -0.39 is 12.1 Å². The molecule has 0 aliphatic carbocycles. The molecule has 0 bridgehead atoms. The van der Waals surface area contributed by atoms with Crippen molar-refractivity contribution in [2.24, 2.45) is 0 Å². The van der Waals surface area contributed by atoms with Crippen LogP contribution in [0.3, 0.4) is 0 Å². The van der Waals surface area contributed by atoms with Crippen molar-refractivity contribution in [1.29, 1.82) is 0 Å². The Morgan fingerprint density at radius 2 is 0.558 bits per heavy atom. The highest BCUT2D eigenvalue weighted by Gasteiger charge is 2.19. The van der Waals surface area contributed by atoms with Crippen molar-refractivity contribution in [2.45, 2.75) is 245 Å². The molecule has 0 amide bonds. The number of carbonyl (C=O) groups is 3. The lowest BCUT2D eigenvalue weighted by Crippen LogP contribution is -2.30. The fourth-order valence-electron chi connectivity index (χ4n) is 7.70. The van der Waals surface area contributed by atoms with Gasteiger partial charge in [0.1, 0.15) is 13.2 Å². The third-order valence-electron chi connectivity index (χ3n) is 12.2. The number of carbonyl (C=O) groups excluding carboxylic acids is 3. The largest absolute Gasteiger partial charge is 0.462 e. The average molecular weight is 1060 g/mol. The summed E-state index contributed by atoms with van der Waals surface area (Å²) in [7, 11) is 0. The Morgan fingerprint density at radius 1 is 0.286 bits per heavy atom. The Kier molecular flexibility index (Phi) is 59.0. The molecular weight excluding hydrogens is 949 g/mol. The van der Waals surface area contributed by atoms with Gasteiger partial charge < -0.3 is 14.2 Å². The Bertz CT molecular complexity index is 1790. The van der Waals surface area contributed by atoms with Gasteiger partial charge >= 0.3 is 17.9 Å². The van der Waals surface area contributed by atoms with Crippen molar-refractivity contribution in [3.63, 3.8) is 0 Å². The topological polar surface area (TPSA) is 78.9 Å². The molecule has 0 saturated heterocycles. The first kappa shape index (κ1) is 71.8. The maximum Gasteiger partial charge on any atom is 0.309 e. The molecule has 0 aromatic heterocycles. The van der Waals surface area contributed by atoms with E-state index in [1.807, 2.05) is 6.08 Å². The van der Waals surface area contributed by atoms with E-state index >= 15 is 0 Å². The van der Waals surface area contributed by atoms with Gasteiger partial charge in [0.05, 0.1) is 6.42 Å². The highest BCUT2D eigenvalue weighted by atomic mass is 16.6. The third kappa shape index (κ3) is 61.5. The van der Waals surface area contributed by atoms with E-state index in [1.165, 1.54) is 44.9 Å². The molecule has 0 saturated carbocycles. The van der Waals surface area contributed by atoms with E-state index in [1.54, 1.807) is 6.08 Å². The highest BCUT2D eigenvalue weighted by molar-refractivity contribution is 5.72. The monoisotopic (exact) mass is 1060 g/mol. The highest BCUT2D eigenvalue weighted by Crippen LogP contribution is 2.13. The molecule has 1 atom stereocenters. The Labute approximate surface area is 472 Å². The average Bonchev–Trinajstić information content (AvgIpc) is 3.43. The minimum Gasteiger partial charge on any atom is -0.462 e. The van der Waals surface area contributed by atoms with Gasteiger partial charge in [-0.05, 0) is 135 Å². The molecule has 0 heterocycles. The maximum absolute atomic E-state index is 12.9. The van der Waals surface area contributed by atoms with Crippen LogP contribution in [0.4, 0.5) is 0 Å². The molecule has 0 fully saturated rings. The van der Waals surface area contributed by atoms with Gasteiger partial charge in [0.15, 0.2) is 6.10 Å². The van der Waals surface area contributed by atoms with E-state index in [-0.39, 0.29) is 38.0 Å². The summed E-state index contributed by atoms with van der Waals surface area (Å²) in [4.78, 5) is 38.2. The number of hydrogen-bond donors (Lipinski definition) is 0. The number of hydrogen-bond acceptors (Lipinski definition) is 6. The summed E-state index contributed by atoms with van der Waals surface area (Å²) in [5.74, 6) is -1.10. The van der Waals surface area contributed by atoms with Crippen LogP contribution in [0.1, 0.15) is 239 Å². The molecule has 0 rings (SSSR count). The Hall–Kier alpha value is -5.23. The van der Waals surface area contributed by atoms with E-state index in [2.05, 4.69) is 179 Å². The molecule has 430 valence electrons. The quantitative estimate of drug-likeness (QED) is 0.0261. The van der Waals surface area contributed by atoms with E-state index in [4.69, 9.17) is 14.2 Å². The Morgan fingerprint density at radius 3 is 0.909 bits per heavy atom. The summed E-state index contributed by atoms with van der Waals surface area (Å²) in [6.45, 7) is 6.26. The second-order valence-corrected chi connectivity index (χ2v) is 19.5. The van der Waals surface area contributed by atoms with Gasteiger partial charge in [-0.2, -0.15) is 0 Å². The predicted octanol–water partition coefficient (Wildman–Crippen LogP) is 21.1. The van der Waals surface area contributed by atoms with Crippen LogP contribution in [0.2, 0.25) is 0 Å². The first-order valence-electron chi connectivity index (χ1n) is 30.6. The molecular formula is C71H110O6. The van der Waals surface area contributed by atoms with Crippen LogP contribution in [-0.4, -0.2) is 37.2 Å². The van der Waals surface area contributed by atoms with Gasteiger partial charge in [-0.1, -0.05) is 255 Å². The van der Waals surface area contributed by atoms with Crippen LogP contribution in [0.25, 0.3) is 0 Å². The Balaban J connectivity index is 4.51.